The lowest BCUT2D eigenvalue weighted by Crippen LogP contribution is -1.93. The number of nitrogens with zero attached hydrogens (tertiary/aromatic N) is 3. The van der Waals surface area contributed by atoms with Crippen LogP contribution >= 0.6 is 12.6 Å². The second-order valence-electron chi connectivity index (χ2n) is 4.53. The highest BCUT2D eigenvalue weighted by atomic mass is 32.1. The Kier molecular flexibility index (Phi) is 3.25. The minimum atomic E-state index is 0.860. The molecule has 0 saturated carbocycles. The number of rotatable bonds is 3. The number of aromatic nitrogens is 3. The molecule has 0 bridgehead atoms. The van der Waals surface area contributed by atoms with Crippen molar-refractivity contribution in [3.8, 4) is 11.4 Å². The highest BCUT2D eigenvalue weighted by Gasteiger charge is 2.10. The highest BCUT2D eigenvalue weighted by molar-refractivity contribution is 7.80. The first-order chi connectivity index (χ1) is 9.29. The van der Waals surface area contributed by atoms with Crippen molar-refractivity contribution in [3.05, 3.63) is 48.3 Å². The Morgan fingerprint density at radius 3 is 2.89 bits per heavy atom. The number of hydrogen-bond acceptors (Lipinski definition) is 3. The van der Waals surface area contributed by atoms with Crippen molar-refractivity contribution in [2.24, 2.45) is 7.05 Å². The number of hydrogen-bond donors (Lipinski definition) is 1. The van der Waals surface area contributed by atoms with Gasteiger partial charge in [0.1, 0.15) is 5.82 Å². The molecule has 3 nitrogen and oxygen atoms in total. The lowest BCUT2D eigenvalue weighted by atomic mass is 10.1. The summed E-state index contributed by atoms with van der Waals surface area (Å²) >= 11 is 4.28. The predicted octanol–water partition coefficient (Wildman–Crippen LogP) is 3.11. The van der Waals surface area contributed by atoms with Gasteiger partial charge in [-0.3, -0.25) is 4.98 Å². The fourth-order valence-electron chi connectivity index (χ4n) is 2.27. The standard InChI is InChI=1S/C15H15N3S/c1-18-14-9-11(6-8-19)4-5-13(14)17-15(18)12-3-2-7-16-10-12/h2-5,7,9-10,19H,6,8H2,1H3. The topological polar surface area (TPSA) is 30.7 Å². The lowest BCUT2D eigenvalue weighted by molar-refractivity contribution is 0.956. The molecule has 0 saturated heterocycles. The Hall–Kier alpha value is -1.81. The molecule has 2 heterocycles. The van der Waals surface area contributed by atoms with E-state index in [2.05, 4.69) is 45.4 Å². The Bertz CT molecular complexity index is 704. The number of thiol groups is 1. The molecule has 0 aliphatic carbocycles. The van der Waals surface area contributed by atoms with Crippen LogP contribution in [0.15, 0.2) is 42.7 Å². The van der Waals surface area contributed by atoms with Gasteiger partial charge in [0.25, 0.3) is 0 Å². The molecule has 3 aromatic rings. The molecule has 0 atom stereocenters. The van der Waals surface area contributed by atoms with E-state index in [0.29, 0.717) is 0 Å². The fourth-order valence-corrected chi connectivity index (χ4v) is 2.53. The summed E-state index contributed by atoms with van der Waals surface area (Å²) in [4.78, 5) is 8.84. The van der Waals surface area contributed by atoms with Crippen molar-refractivity contribution in [1.82, 2.24) is 14.5 Å². The van der Waals surface area contributed by atoms with Crippen LogP contribution in [-0.4, -0.2) is 20.3 Å². The van der Waals surface area contributed by atoms with Crippen molar-refractivity contribution in [1.29, 1.82) is 0 Å². The summed E-state index contributed by atoms with van der Waals surface area (Å²) in [6.45, 7) is 0. The van der Waals surface area contributed by atoms with Crippen LogP contribution in [0.5, 0.6) is 0 Å². The molecule has 96 valence electrons. The molecule has 0 aliphatic rings. The van der Waals surface area contributed by atoms with Crippen LogP contribution in [0.4, 0.5) is 0 Å². The zero-order valence-electron chi connectivity index (χ0n) is 10.7. The molecule has 0 unspecified atom stereocenters. The monoisotopic (exact) mass is 269 g/mol. The zero-order chi connectivity index (χ0) is 13.2. The summed E-state index contributed by atoms with van der Waals surface area (Å²) in [6.07, 6.45) is 4.60. The Labute approximate surface area is 117 Å². The first kappa shape index (κ1) is 12.2. The molecule has 0 spiro atoms. The molecule has 0 radical (unpaired) electrons. The summed E-state index contributed by atoms with van der Waals surface area (Å²) in [6, 6.07) is 10.4. The number of benzene rings is 1. The van der Waals surface area contributed by atoms with Gasteiger partial charge >= 0.3 is 0 Å². The van der Waals surface area contributed by atoms with E-state index in [1.807, 2.05) is 25.4 Å². The van der Waals surface area contributed by atoms with Crippen LogP contribution in [0.3, 0.4) is 0 Å². The van der Waals surface area contributed by atoms with Crippen LogP contribution in [0.2, 0.25) is 0 Å². The van der Waals surface area contributed by atoms with E-state index in [-0.39, 0.29) is 0 Å². The minimum absolute atomic E-state index is 0.860. The summed E-state index contributed by atoms with van der Waals surface area (Å²) < 4.78 is 2.12. The molecular weight excluding hydrogens is 254 g/mol. The molecule has 0 amide bonds. The highest BCUT2D eigenvalue weighted by Crippen LogP contribution is 2.23. The van der Waals surface area contributed by atoms with Crippen LogP contribution < -0.4 is 0 Å². The molecule has 0 N–H and O–H groups in total. The molecule has 19 heavy (non-hydrogen) atoms. The van der Waals surface area contributed by atoms with Gasteiger partial charge < -0.3 is 4.57 Å². The third-order valence-electron chi connectivity index (χ3n) is 3.27. The molecule has 1 aromatic carbocycles. The average Bonchev–Trinajstić information content (AvgIpc) is 2.78. The van der Waals surface area contributed by atoms with Gasteiger partial charge in [0.2, 0.25) is 0 Å². The van der Waals surface area contributed by atoms with Crippen LogP contribution in [0.1, 0.15) is 5.56 Å². The number of imidazole rings is 1. The van der Waals surface area contributed by atoms with Gasteiger partial charge in [0, 0.05) is 25.0 Å². The van der Waals surface area contributed by atoms with Crippen molar-refractivity contribution in [2.75, 3.05) is 5.75 Å². The Balaban J connectivity index is 2.15. The fraction of sp³-hybridized carbons (Fsp3) is 0.200. The average molecular weight is 269 g/mol. The van der Waals surface area contributed by atoms with Crippen molar-refractivity contribution >= 4 is 23.7 Å². The van der Waals surface area contributed by atoms with E-state index in [1.54, 1.807) is 6.20 Å². The zero-order valence-corrected chi connectivity index (χ0v) is 11.6. The van der Waals surface area contributed by atoms with Crippen molar-refractivity contribution in [2.45, 2.75) is 6.42 Å². The number of fused-ring (bicyclic) bond motifs is 1. The molecule has 0 aliphatic heterocycles. The second-order valence-corrected chi connectivity index (χ2v) is 4.98. The number of aryl methyl sites for hydroxylation is 2. The molecule has 0 fully saturated rings. The van der Waals surface area contributed by atoms with E-state index < -0.39 is 0 Å². The van der Waals surface area contributed by atoms with Crippen molar-refractivity contribution in [3.63, 3.8) is 0 Å². The summed E-state index contributed by atoms with van der Waals surface area (Å²) in [7, 11) is 2.04. The van der Waals surface area contributed by atoms with E-state index in [1.165, 1.54) is 5.56 Å². The Morgan fingerprint density at radius 2 is 2.16 bits per heavy atom. The van der Waals surface area contributed by atoms with Gasteiger partial charge in [-0.15, -0.1) is 0 Å². The maximum Gasteiger partial charge on any atom is 0.142 e. The Morgan fingerprint density at radius 1 is 1.26 bits per heavy atom. The van der Waals surface area contributed by atoms with Gasteiger partial charge in [-0.25, -0.2) is 4.98 Å². The quantitative estimate of drug-likeness (QED) is 0.741. The first-order valence-corrected chi connectivity index (χ1v) is 6.89. The molecule has 2 aromatic heterocycles. The predicted molar refractivity (Wildman–Crippen MR) is 81.5 cm³/mol. The molecular formula is C15H15N3S. The maximum absolute atomic E-state index is 4.69. The van der Waals surface area contributed by atoms with Gasteiger partial charge in [-0.1, -0.05) is 6.07 Å². The van der Waals surface area contributed by atoms with E-state index in [0.717, 1.165) is 34.6 Å². The number of pyridine rings is 1. The van der Waals surface area contributed by atoms with Crippen LogP contribution in [-0.2, 0) is 13.5 Å². The van der Waals surface area contributed by atoms with E-state index in [4.69, 9.17) is 0 Å². The SMILES string of the molecule is Cn1c(-c2cccnc2)nc2ccc(CCS)cc21. The van der Waals surface area contributed by atoms with Gasteiger partial charge in [0.05, 0.1) is 11.0 Å². The third-order valence-corrected chi connectivity index (χ3v) is 3.49. The minimum Gasteiger partial charge on any atom is -0.327 e. The van der Waals surface area contributed by atoms with Crippen LogP contribution in [0, 0.1) is 0 Å². The normalized spacial score (nSPS) is 11.1. The molecule has 3 rings (SSSR count). The smallest absolute Gasteiger partial charge is 0.142 e. The summed E-state index contributed by atoms with van der Waals surface area (Å²) in [5, 5.41) is 0. The first-order valence-electron chi connectivity index (χ1n) is 6.26. The van der Waals surface area contributed by atoms with E-state index >= 15 is 0 Å². The van der Waals surface area contributed by atoms with Crippen molar-refractivity contribution < 1.29 is 0 Å². The largest absolute Gasteiger partial charge is 0.327 e. The lowest BCUT2D eigenvalue weighted by Gasteiger charge is -2.02. The second kappa shape index (κ2) is 5.05. The summed E-state index contributed by atoms with van der Waals surface area (Å²) in [5.41, 5.74) is 4.50. The summed E-state index contributed by atoms with van der Waals surface area (Å²) in [5.74, 6) is 1.81. The van der Waals surface area contributed by atoms with Gasteiger partial charge in [0.15, 0.2) is 0 Å². The maximum atomic E-state index is 4.69. The van der Waals surface area contributed by atoms with E-state index in [9.17, 15) is 0 Å². The van der Waals surface area contributed by atoms with Gasteiger partial charge in [-0.2, -0.15) is 12.6 Å². The van der Waals surface area contributed by atoms with Gasteiger partial charge in [-0.05, 0) is 42.0 Å². The van der Waals surface area contributed by atoms with Crippen LogP contribution in [0.25, 0.3) is 22.4 Å². The molecule has 4 heteroatoms. The third kappa shape index (κ3) is 2.24.